The summed E-state index contributed by atoms with van der Waals surface area (Å²) in [5, 5.41) is 6.81. The number of rotatable bonds is 3. The zero-order valence-corrected chi connectivity index (χ0v) is 8.74. The lowest BCUT2D eigenvalue weighted by Gasteiger charge is -2.05. The molecule has 14 heavy (non-hydrogen) atoms. The summed E-state index contributed by atoms with van der Waals surface area (Å²) >= 11 is 0. The fourth-order valence-corrected chi connectivity index (χ4v) is 1.13. The normalized spacial score (nSPS) is 10.6. The van der Waals surface area contributed by atoms with Crippen LogP contribution in [0.5, 0.6) is 0 Å². The number of hydrogen-bond donors (Lipinski definition) is 2. The minimum atomic E-state index is -0.182. The molecule has 1 rings (SSSR count). The Labute approximate surface area is 83.3 Å². The standard InChI is InChI=1S/C9H16N4O/c1-4-13-8(10)5-7(12-13)9(14)11-6(2)3/h5-6H,4,10H2,1-3H3,(H,11,14). The van der Waals surface area contributed by atoms with Crippen LogP contribution < -0.4 is 11.1 Å². The molecule has 3 N–H and O–H groups in total. The summed E-state index contributed by atoms with van der Waals surface area (Å²) in [6.45, 7) is 6.39. The van der Waals surface area contributed by atoms with Gasteiger partial charge in [-0.1, -0.05) is 0 Å². The lowest BCUT2D eigenvalue weighted by molar-refractivity contribution is 0.0937. The van der Waals surface area contributed by atoms with E-state index in [-0.39, 0.29) is 11.9 Å². The highest BCUT2D eigenvalue weighted by molar-refractivity contribution is 5.93. The number of nitrogens with zero attached hydrogens (tertiary/aromatic N) is 2. The summed E-state index contributed by atoms with van der Waals surface area (Å²) in [5.41, 5.74) is 6.01. The second kappa shape index (κ2) is 4.13. The van der Waals surface area contributed by atoms with Crippen molar-refractivity contribution in [1.82, 2.24) is 15.1 Å². The van der Waals surface area contributed by atoms with Crippen LogP contribution in [0.4, 0.5) is 5.82 Å². The van der Waals surface area contributed by atoms with Gasteiger partial charge in [-0.2, -0.15) is 5.10 Å². The van der Waals surface area contributed by atoms with Gasteiger partial charge in [0.2, 0.25) is 0 Å². The molecule has 0 radical (unpaired) electrons. The van der Waals surface area contributed by atoms with Crippen molar-refractivity contribution in [2.45, 2.75) is 33.4 Å². The topological polar surface area (TPSA) is 72.9 Å². The molecule has 0 aliphatic heterocycles. The summed E-state index contributed by atoms with van der Waals surface area (Å²) in [6, 6.07) is 1.69. The zero-order valence-electron chi connectivity index (χ0n) is 8.74. The molecule has 1 aromatic heterocycles. The van der Waals surface area contributed by atoms with E-state index >= 15 is 0 Å². The van der Waals surface area contributed by atoms with E-state index in [1.165, 1.54) is 0 Å². The largest absolute Gasteiger partial charge is 0.384 e. The van der Waals surface area contributed by atoms with Crippen LogP contribution in [0.1, 0.15) is 31.3 Å². The van der Waals surface area contributed by atoms with Gasteiger partial charge in [0, 0.05) is 18.7 Å². The van der Waals surface area contributed by atoms with Gasteiger partial charge in [0.25, 0.3) is 5.91 Å². The quantitative estimate of drug-likeness (QED) is 0.744. The molecule has 0 aliphatic carbocycles. The van der Waals surface area contributed by atoms with Gasteiger partial charge in [0.15, 0.2) is 5.69 Å². The maximum absolute atomic E-state index is 11.5. The van der Waals surface area contributed by atoms with Gasteiger partial charge in [-0.25, -0.2) is 4.68 Å². The van der Waals surface area contributed by atoms with Crippen LogP contribution in [0, 0.1) is 0 Å². The summed E-state index contributed by atoms with van der Waals surface area (Å²) in [6.07, 6.45) is 0. The highest BCUT2D eigenvalue weighted by Crippen LogP contribution is 2.06. The number of hydrogen-bond acceptors (Lipinski definition) is 3. The average Bonchev–Trinajstić information content (AvgIpc) is 2.45. The van der Waals surface area contributed by atoms with E-state index in [1.807, 2.05) is 20.8 Å². The third-order valence-electron chi connectivity index (χ3n) is 1.76. The number of aryl methyl sites for hydroxylation is 1. The maximum Gasteiger partial charge on any atom is 0.272 e. The monoisotopic (exact) mass is 196 g/mol. The van der Waals surface area contributed by atoms with Crippen LogP contribution in [0.3, 0.4) is 0 Å². The lowest BCUT2D eigenvalue weighted by atomic mass is 10.3. The second-order valence-electron chi connectivity index (χ2n) is 3.40. The van der Waals surface area contributed by atoms with Crippen LogP contribution in [-0.4, -0.2) is 21.7 Å². The van der Waals surface area contributed by atoms with Crippen molar-refractivity contribution in [3.63, 3.8) is 0 Å². The minimum Gasteiger partial charge on any atom is -0.384 e. The van der Waals surface area contributed by atoms with E-state index in [4.69, 9.17) is 5.73 Å². The highest BCUT2D eigenvalue weighted by Gasteiger charge is 2.12. The predicted molar refractivity (Wildman–Crippen MR) is 54.9 cm³/mol. The number of nitrogens with one attached hydrogen (secondary N) is 1. The van der Waals surface area contributed by atoms with E-state index in [9.17, 15) is 4.79 Å². The number of anilines is 1. The number of carbonyl (C=O) groups is 1. The second-order valence-corrected chi connectivity index (χ2v) is 3.40. The van der Waals surface area contributed by atoms with Gasteiger partial charge in [0.1, 0.15) is 5.82 Å². The van der Waals surface area contributed by atoms with Crippen molar-refractivity contribution >= 4 is 11.7 Å². The maximum atomic E-state index is 11.5. The molecule has 5 nitrogen and oxygen atoms in total. The Kier molecular flexibility index (Phi) is 3.11. The average molecular weight is 196 g/mol. The first-order valence-electron chi connectivity index (χ1n) is 4.68. The molecule has 1 heterocycles. The summed E-state index contributed by atoms with van der Waals surface area (Å²) < 4.78 is 1.59. The smallest absolute Gasteiger partial charge is 0.272 e. The first kappa shape index (κ1) is 10.6. The van der Waals surface area contributed by atoms with Crippen molar-refractivity contribution in [3.8, 4) is 0 Å². The van der Waals surface area contributed by atoms with Crippen LogP contribution in [0.15, 0.2) is 6.07 Å². The molecule has 1 aromatic rings. The molecule has 0 aromatic carbocycles. The molecule has 0 atom stereocenters. The molecule has 1 amide bonds. The molecule has 0 aliphatic rings. The first-order chi connectivity index (χ1) is 6.54. The molecular formula is C9H16N4O. The van der Waals surface area contributed by atoms with E-state index in [1.54, 1.807) is 10.7 Å². The summed E-state index contributed by atoms with van der Waals surface area (Å²) in [7, 11) is 0. The summed E-state index contributed by atoms with van der Waals surface area (Å²) in [5.74, 6) is 0.334. The molecule has 0 fully saturated rings. The van der Waals surface area contributed by atoms with E-state index < -0.39 is 0 Å². The molecule has 0 unspecified atom stereocenters. The van der Waals surface area contributed by atoms with E-state index in [0.29, 0.717) is 18.1 Å². The van der Waals surface area contributed by atoms with Crippen molar-refractivity contribution in [2.75, 3.05) is 5.73 Å². The van der Waals surface area contributed by atoms with Gasteiger partial charge in [-0.05, 0) is 20.8 Å². The Bertz CT molecular complexity index is 330. The van der Waals surface area contributed by atoms with Gasteiger partial charge in [-0.15, -0.1) is 0 Å². The SMILES string of the molecule is CCn1nc(C(=O)NC(C)C)cc1N. The predicted octanol–water partition coefficient (Wildman–Crippen LogP) is 0.623. The Morgan fingerprint density at radius 1 is 1.71 bits per heavy atom. The van der Waals surface area contributed by atoms with Crippen molar-refractivity contribution in [3.05, 3.63) is 11.8 Å². The number of amides is 1. The van der Waals surface area contributed by atoms with Crippen molar-refractivity contribution in [2.24, 2.45) is 0 Å². The van der Waals surface area contributed by atoms with Gasteiger partial charge >= 0.3 is 0 Å². The third-order valence-corrected chi connectivity index (χ3v) is 1.76. The highest BCUT2D eigenvalue weighted by atomic mass is 16.2. The van der Waals surface area contributed by atoms with E-state index in [0.717, 1.165) is 0 Å². The minimum absolute atomic E-state index is 0.107. The molecule has 0 spiro atoms. The van der Waals surface area contributed by atoms with Crippen LogP contribution in [0.25, 0.3) is 0 Å². The number of nitrogens with two attached hydrogens (primary N) is 1. The molecular weight excluding hydrogens is 180 g/mol. The van der Waals surface area contributed by atoms with Crippen molar-refractivity contribution in [1.29, 1.82) is 0 Å². The first-order valence-corrected chi connectivity index (χ1v) is 4.68. The van der Waals surface area contributed by atoms with Crippen LogP contribution in [-0.2, 0) is 6.54 Å². The molecule has 78 valence electrons. The molecule has 5 heteroatoms. The number of aromatic nitrogens is 2. The summed E-state index contributed by atoms with van der Waals surface area (Å²) in [4.78, 5) is 11.5. The van der Waals surface area contributed by atoms with Gasteiger partial charge < -0.3 is 11.1 Å². The number of carbonyl (C=O) groups excluding carboxylic acids is 1. The Morgan fingerprint density at radius 2 is 2.36 bits per heavy atom. The van der Waals surface area contributed by atoms with Crippen LogP contribution >= 0.6 is 0 Å². The Hall–Kier alpha value is -1.52. The van der Waals surface area contributed by atoms with Gasteiger partial charge in [-0.3, -0.25) is 4.79 Å². The third kappa shape index (κ3) is 2.25. The molecule has 0 saturated heterocycles. The zero-order chi connectivity index (χ0) is 10.7. The number of nitrogen functional groups attached to an aromatic ring is 1. The molecule has 0 bridgehead atoms. The van der Waals surface area contributed by atoms with Gasteiger partial charge in [0.05, 0.1) is 0 Å². The Balaban J connectivity index is 2.80. The Morgan fingerprint density at radius 3 is 2.79 bits per heavy atom. The fourth-order valence-electron chi connectivity index (χ4n) is 1.13. The van der Waals surface area contributed by atoms with Crippen LogP contribution in [0.2, 0.25) is 0 Å². The van der Waals surface area contributed by atoms with E-state index in [2.05, 4.69) is 10.4 Å². The molecule has 0 saturated carbocycles. The van der Waals surface area contributed by atoms with Crippen molar-refractivity contribution < 1.29 is 4.79 Å². The fraction of sp³-hybridized carbons (Fsp3) is 0.556. The lowest BCUT2D eigenvalue weighted by Crippen LogP contribution is -2.30.